The molecule has 0 unspecified atom stereocenters. The van der Waals surface area contributed by atoms with Gasteiger partial charge in [-0.1, -0.05) is 18.2 Å². The van der Waals surface area contributed by atoms with Crippen LogP contribution < -0.4 is 16.6 Å². The Bertz CT molecular complexity index is 1140. The van der Waals surface area contributed by atoms with Crippen molar-refractivity contribution in [1.82, 2.24) is 14.1 Å². The van der Waals surface area contributed by atoms with Crippen LogP contribution in [0.25, 0.3) is 11.0 Å². The molecule has 2 heterocycles. The molecule has 1 aromatic carbocycles. The molecule has 0 bridgehead atoms. The van der Waals surface area contributed by atoms with E-state index < -0.39 is 17.2 Å². The summed E-state index contributed by atoms with van der Waals surface area (Å²) in [7, 11) is 1.55. The van der Waals surface area contributed by atoms with Crippen molar-refractivity contribution in [1.29, 1.82) is 0 Å². The first-order chi connectivity index (χ1) is 12.3. The third-order valence-corrected chi connectivity index (χ3v) is 4.34. The van der Waals surface area contributed by atoms with Gasteiger partial charge in [0.05, 0.1) is 5.39 Å². The smallest absolute Gasteiger partial charge is 0.324 e. The lowest BCUT2D eigenvalue weighted by atomic mass is 10.2. The molecular formula is C19H20N4O3. The average molecular weight is 352 g/mol. The number of carbonyl (C=O) groups is 1. The summed E-state index contributed by atoms with van der Waals surface area (Å²) < 4.78 is 2.25. The molecule has 0 saturated carbocycles. The molecule has 1 N–H and O–H groups in total. The van der Waals surface area contributed by atoms with Gasteiger partial charge in [0.1, 0.15) is 12.2 Å². The third-order valence-electron chi connectivity index (χ3n) is 4.34. The molecule has 0 saturated heterocycles. The zero-order valence-corrected chi connectivity index (χ0v) is 15.2. The van der Waals surface area contributed by atoms with Gasteiger partial charge in [-0.15, -0.1) is 0 Å². The Balaban J connectivity index is 2.06. The van der Waals surface area contributed by atoms with Gasteiger partial charge in [-0.05, 0) is 44.0 Å². The predicted molar refractivity (Wildman–Crippen MR) is 101 cm³/mol. The highest BCUT2D eigenvalue weighted by atomic mass is 16.2. The molecule has 26 heavy (non-hydrogen) atoms. The summed E-state index contributed by atoms with van der Waals surface area (Å²) in [6.07, 6.45) is 0. The van der Waals surface area contributed by atoms with E-state index in [0.717, 1.165) is 21.4 Å². The molecule has 7 nitrogen and oxygen atoms in total. The third kappa shape index (κ3) is 3.03. The first-order valence-electron chi connectivity index (χ1n) is 8.23. The highest BCUT2D eigenvalue weighted by molar-refractivity contribution is 5.91. The lowest BCUT2D eigenvalue weighted by Gasteiger charge is -2.13. The van der Waals surface area contributed by atoms with Gasteiger partial charge in [0, 0.05) is 18.4 Å². The number of nitrogens with zero attached hydrogens (tertiary/aromatic N) is 3. The van der Waals surface area contributed by atoms with E-state index in [2.05, 4.69) is 10.3 Å². The molecule has 0 aliphatic heterocycles. The second kappa shape index (κ2) is 6.59. The normalized spacial score (nSPS) is 10.9. The van der Waals surface area contributed by atoms with Gasteiger partial charge in [-0.2, -0.15) is 0 Å². The summed E-state index contributed by atoms with van der Waals surface area (Å²) in [4.78, 5) is 42.1. The number of aryl methyl sites for hydroxylation is 4. The number of pyridine rings is 1. The molecule has 2 aromatic heterocycles. The van der Waals surface area contributed by atoms with Gasteiger partial charge < -0.3 is 5.32 Å². The molecular weight excluding hydrogens is 332 g/mol. The Morgan fingerprint density at radius 3 is 2.50 bits per heavy atom. The van der Waals surface area contributed by atoms with Gasteiger partial charge >= 0.3 is 5.69 Å². The number of nitrogens with one attached hydrogen (secondary N) is 1. The summed E-state index contributed by atoms with van der Waals surface area (Å²) in [5.74, 6) is -0.435. The van der Waals surface area contributed by atoms with Gasteiger partial charge in [0.2, 0.25) is 5.91 Å². The van der Waals surface area contributed by atoms with E-state index in [1.54, 1.807) is 39.1 Å². The van der Waals surface area contributed by atoms with E-state index in [9.17, 15) is 14.4 Å². The molecule has 0 fully saturated rings. The second-order valence-electron chi connectivity index (χ2n) is 6.38. The van der Waals surface area contributed by atoms with Gasteiger partial charge in [-0.25, -0.2) is 9.78 Å². The van der Waals surface area contributed by atoms with E-state index in [0.29, 0.717) is 16.7 Å². The topological polar surface area (TPSA) is 86.0 Å². The van der Waals surface area contributed by atoms with Crippen molar-refractivity contribution < 1.29 is 4.79 Å². The van der Waals surface area contributed by atoms with Crippen molar-refractivity contribution in [2.75, 3.05) is 5.32 Å². The Labute approximate surface area is 149 Å². The molecule has 0 atom stereocenters. The van der Waals surface area contributed by atoms with Crippen molar-refractivity contribution in [3.63, 3.8) is 0 Å². The largest absolute Gasteiger partial charge is 0.332 e. The first-order valence-corrected chi connectivity index (χ1v) is 8.23. The zero-order chi connectivity index (χ0) is 19.0. The standard InChI is InChI=1S/C19H20N4O3/c1-11-7-5-6-8-14(11)21-15(24)10-23-18(25)16-12(2)9-13(3)20-17(16)22(4)19(23)26/h5-9H,10H2,1-4H3,(H,21,24). The van der Waals surface area contributed by atoms with Crippen LogP contribution in [0.5, 0.6) is 0 Å². The molecule has 134 valence electrons. The molecule has 0 radical (unpaired) electrons. The van der Waals surface area contributed by atoms with E-state index in [-0.39, 0.29) is 6.54 Å². The van der Waals surface area contributed by atoms with Crippen molar-refractivity contribution >= 4 is 22.6 Å². The number of para-hydroxylation sites is 1. The number of aromatic nitrogens is 3. The van der Waals surface area contributed by atoms with Crippen LogP contribution in [0.15, 0.2) is 39.9 Å². The second-order valence-corrected chi connectivity index (χ2v) is 6.38. The van der Waals surface area contributed by atoms with E-state index >= 15 is 0 Å². The van der Waals surface area contributed by atoms with Crippen molar-refractivity contribution in [2.45, 2.75) is 27.3 Å². The van der Waals surface area contributed by atoms with Crippen molar-refractivity contribution in [2.24, 2.45) is 7.05 Å². The minimum Gasteiger partial charge on any atom is -0.324 e. The number of anilines is 1. The molecule has 0 spiro atoms. The highest BCUT2D eigenvalue weighted by Gasteiger charge is 2.17. The van der Waals surface area contributed by atoms with E-state index in [1.807, 2.05) is 19.1 Å². The fourth-order valence-corrected chi connectivity index (χ4v) is 3.00. The first kappa shape index (κ1) is 17.6. The Kier molecular flexibility index (Phi) is 4.46. The maximum absolute atomic E-state index is 12.8. The van der Waals surface area contributed by atoms with Crippen molar-refractivity contribution in [3.05, 3.63) is 68.0 Å². The molecule has 3 aromatic rings. The number of fused-ring (bicyclic) bond motifs is 1. The number of hydrogen-bond donors (Lipinski definition) is 1. The molecule has 7 heteroatoms. The Morgan fingerprint density at radius 2 is 1.81 bits per heavy atom. The fourth-order valence-electron chi connectivity index (χ4n) is 3.00. The SMILES string of the molecule is Cc1cc(C)c2c(=O)n(CC(=O)Nc3ccccc3C)c(=O)n(C)c2n1. The Hall–Kier alpha value is -3.22. The summed E-state index contributed by atoms with van der Waals surface area (Å²) in [6.45, 7) is 5.11. The molecule has 0 aliphatic rings. The van der Waals surface area contributed by atoms with Crippen LogP contribution in [0.2, 0.25) is 0 Å². The van der Waals surface area contributed by atoms with E-state index in [4.69, 9.17) is 0 Å². The number of rotatable bonds is 3. The van der Waals surface area contributed by atoms with Crippen LogP contribution in [0.4, 0.5) is 5.69 Å². The zero-order valence-electron chi connectivity index (χ0n) is 15.2. The van der Waals surface area contributed by atoms with Gasteiger partial charge in [0.15, 0.2) is 0 Å². The Morgan fingerprint density at radius 1 is 1.12 bits per heavy atom. The van der Waals surface area contributed by atoms with Crippen LogP contribution in [0, 0.1) is 20.8 Å². The summed E-state index contributed by atoms with van der Waals surface area (Å²) in [5, 5.41) is 3.09. The average Bonchev–Trinajstić information content (AvgIpc) is 2.58. The van der Waals surface area contributed by atoms with Crippen molar-refractivity contribution in [3.8, 4) is 0 Å². The van der Waals surface area contributed by atoms with Crippen LogP contribution >= 0.6 is 0 Å². The van der Waals surface area contributed by atoms with Crippen LogP contribution in [0.1, 0.15) is 16.8 Å². The molecule has 1 amide bonds. The molecule has 3 rings (SSSR count). The number of hydrogen-bond acceptors (Lipinski definition) is 4. The number of benzene rings is 1. The maximum atomic E-state index is 12.8. The summed E-state index contributed by atoms with van der Waals surface area (Å²) >= 11 is 0. The monoisotopic (exact) mass is 352 g/mol. The van der Waals surface area contributed by atoms with Gasteiger partial charge in [0.25, 0.3) is 5.56 Å². The summed E-state index contributed by atoms with van der Waals surface area (Å²) in [6, 6.07) is 9.10. The molecule has 0 aliphatic carbocycles. The lowest BCUT2D eigenvalue weighted by Crippen LogP contribution is -2.42. The number of carbonyl (C=O) groups excluding carboxylic acids is 1. The minimum absolute atomic E-state index is 0.327. The van der Waals surface area contributed by atoms with Crippen LogP contribution in [0.3, 0.4) is 0 Å². The summed E-state index contributed by atoms with van der Waals surface area (Å²) in [5.41, 5.74) is 2.24. The maximum Gasteiger partial charge on any atom is 0.332 e. The fraction of sp³-hybridized carbons (Fsp3) is 0.263. The van der Waals surface area contributed by atoms with Crippen LogP contribution in [-0.2, 0) is 18.4 Å². The quantitative estimate of drug-likeness (QED) is 0.777. The number of amides is 1. The highest BCUT2D eigenvalue weighted by Crippen LogP contribution is 2.14. The predicted octanol–water partition coefficient (Wildman–Crippen LogP) is 1.66. The van der Waals surface area contributed by atoms with E-state index in [1.165, 1.54) is 4.57 Å². The minimum atomic E-state index is -0.570. The lowest BCUT2D eigenvalue weighted by molar-refractivity contribution is -0.116. The van der Waals surface area contributed by atoms with Crippen LogP contribution in [-0.4, -0.2) is 20.0 Å². The van der Waals surface area contributed by atoms with Gasteiger partial charge in [-0.3, -0.25) is 18.7 Å².